The average molecular weight is 512 g/mol. The number of ether oxygens (including phenoxy) is 1. The third-order valence-electron chi connectivity index (χ3n) is 4.60. The first-order valence-electron chi connectivity index (χ1n) is 9.83. The number of amides is 1. The Kier molecular flexibility index (Phi) is 6.32. The number of oxazole rings is 1. The third-order valence-corrected chi connectivity index (χ3v) is 5.32. The third kappa shape index (κ3) is 4.81. The molecule has 0 aliphatic heterocycles. The Labute approximate surface area is 188 Å². The molecular formula is C24H21IN2O3. The Balaban J connectivity index is 1.50. The fourth-order valence-electron chi connectivity index (χ4n) is 2.99. The Morgan fingerprint density at radius 1 is 1.10 bits per heavy atom. The number of carbonyl (C=O) groups is 1. The van der Waals surface area contributed by atoms with Crippen molar-refractivity contribution in [2.24, 2.45) is 0 Å². The molecule has 0 aliphatic carbocycles. The SMILES string of the molecule is CCCCOc1cccc(C(=O)Nc2ccc3oc(-c4ccc(I)cc4)nc3c2)c1. The molecule has 0 atom stereocenters. The van der Waals surface area contributed by atoms with Crippen molar-refractivity contribution in [1.29, 1.82) is 0 Å². The van der Waals surface area contributed by atoms with E-state index in [-0.39, 0.29) is 5.91 Å². The first-order chi connectivity index (χ1) is 14.6. The van der Waals surface area contributed by atoms with E-state index in [9.17, 15) is 4.79 Å². The highest BCUT2D eigenvalue weighted by Crippen LogP contribution is 2.27. The van der Waals surface area contributed by atoms with E-state index >= 15 is 0 Å². The van der Waals surface area contributed by atoms with Crippen LogP contribution in [0.1, 0.15) is 30.1 Å². The van der Waals surface area contributed by atoms with Crippen LogP contribution in [0.3, 0.4) is 0 Å². The lowest BCUT2D eigenvalue weighted by Gasteiger charge is -2.08. The van der Waals surface area contributed by atoms with Gasteiger partial charge in [-0.15, -0.1) is 0 Å². The van der Waals surface area contributed by atoms with Crippen LogP contribution in [0.15, 0.2) is 71.1 Å². The zero-order valence-electron chi connectivity index (χ0n) is 16.5. The molecule has 3 aromatic carbocycles. The van der Waals surface area contributed by atoms with Gasteiger partial charge in [-0.2, -0.15) is 0 Å². The van der Waals surface area contributed by atoms with Gasteiger partial charge in [0.1, 0.15) is 11.3 Å². The van der Waals surface area contributed by atoms with E-state index < -0.39 is 0 Å². The van der Waals surface area contributed by atoms with Crippen LogP contribution in [0.5, 0.6) is 5.75 Å². The van der Waals surface area contributed by atoms with Gasteiger partial charge in [0.2, 0.25) is 5.89 Å². The van der Waals surface area contributed by atoms with Crippen LogP contribution in [0.25, 0.3) is 22.6 Å². The molecule has 4 aromatic rings. The van der Waals surface area contributed by atoms with Crippen LogP contribution in [-0.4, -0.2) is 17.5 Å². The van der Waals surface area contributed by atoms with Gasteiger partial charge in [0, 0.05) is 20.4 Å². The molecule has 0 unspecified atom stereocenters. The lowest BCUT2D eigenvalue weighted by Crippen LogP contribution is -2.12. The summed E-state index contributed by atoms with van der Waals surface area (Å²) in [6.45, 7) is 2.76. The van der Waals surface area contributed by atoms with Gasteiger partial charge in [-0.3, -0.25) is 4.79 Å². The number of nitrogens with zero attached hydrogens (tertiary/aromatic N) is 1. The van der Waals surface area contributed by atoms with Gasteiger partial charge in [-0.25, -0.2) is 4.98 Å². The summed E-state index contributed by atoms with van der Waals surface area (Å²) in [5, 5.41) is 2.92. The average Bonchev–Trinajstić information content (AvgIpc) is 3.18. The number of halogens is 1. The maximum atomic E-state index is 12.7. The van der Waals surface area contributed by atoms with Gasteiger partial charge in [-0.1, -0.05) is 19.4 Å². The van der Waals surface area contributed by atoms with Crippen LogP contribution in [0, 0.1) is 3.57 Å². The first kappa shape index (κ1) is 20.4. The number of hydrogen-bond acceptors (Lipinski definition) is 4. The summed E-state index contributed by atoms with van der Waals surface area (Å²) < 4.78 is 12.7. The maximum absolute atomic E-state index is 12.7. The van der Waals surface area contributed by atoms with Gasteiger partial charge in [0.05, 0.1) is 6.61 Å². The molecule has 1 amide bonds. The second kappa shape index (κ2) is 9.30. The minimum absolute atomic E-state index is 0.198. The number of fused-ring (bicyclic) bond motifs is 1. The molecule has 6 heteroatoms. The summed E-state index contributed by atoms with van der Waals surface area (Å²) in [7, 11) is 0. The smallest absolute Gasteiger partial charge is 0.255 e. The number of unbranched alkanes of at least 4 members (excludes halogenated alkanes) is 1. The number of rotatable bonds is 7. The molecule has 0 bridgehead atoms. The number of nitrogens with one attached hydrogen (secondary N) is 1. The Morgan fingerprint density at radius 2 is 1.93 bits per heavy atom. The lowest BCUT2D eigenvalue weighted by atomic mass is 10.2. The van der Waals surface area contributed by atoms with E-state index in [1.807, 2.05) is 54.6 Å². The molecule has 152 valence electrons. The molecule has 0 saturated heterocycles. The van der Waals surface area contributed by atoms with Gasteiger partial charge in [0.15, 0.2) is 5.58 Å². The quantitative estimate of drug-likeness (QED) is 0.226. The normalized spacial score (nSPS) is 10.9. The molecule has 0 fully saturated rings. The van der Waals surface area contributed by atoms with E-state index in [4.69, 9.17) is 9.15 Å². The zero-order chi connectivity index (χ0) is 20.9. The fraction of sp³-hybridized carbons (Fsp3) is 0.167. The molecule has 5 nitrogen and oxygen atoms in total. The minimum atomic E-state index is -0.198. The molecule has 30 heavy (non-hydrogen) atoms. The van der Waals surface area contributed by atoms with Gasteiger partial charge >= 0.3 is 0 Å². The van der Waals surface area contributed by atoms with Gasteiger partial charge in [0.25, 0.3) is 5.91 Å². The molecule has 1 heterocycles. The molecular weight excluding hydrogens is 491 g/mol. The summed E-state index contributed by atoms with van der Waals surface area (Å²) in [6.07, 6.45) is 2.05. The van der Waals surface area contributed by atoms with Crippen LogP contribution >= 0.6 is 22.6 Å². The first-order valence-corrected chi connectivity index (χ1v) is 10.9. The molecule has 0 aliphatic rings. The minimum Gasteiger partial charge on any atom is -0.494 e. The van der Waals surface area contributed by atoms with Gasteiger partial charge < -0.3 is 14.5 Å². The topological polar surface area (TPSA) is 64.4 Å². The van der Waals surface area contributed by atoms with Crippen molar-refractivity contribution in [1.82, 2.24) is 4.98 Å². The second-order valence-electron chi connectivity index (χ2n) is 6.89. The van der Waals surface area contributed by atoms with Crippen molar-refractivity contribution >= 4 is 45.3 Å². The van der Waals surface area contributed by atoms with E-state index in [2.05, 4.69) is 39.8 Å². The predicted molar refractivity (Wildman–Crippen MR) is 127 cm³/mol. The molecule has 1 aromatic heterocycles. The Morgan fingerprint density at radius 3 is 2.73 bits per heavy atom. The Hall–Kier alpha value is -2.87. The van der Waals surface area contributed by atoms with Crippen LogP contribution in [-0.2, 0) is 0 Å². The van der Waals surface area contributed by atoms with Crippen molar-refractivity contribution in [3.8, 4) is 17.2 Å². The molecule has 0 spiro atoms. The molecule has 4 rings (SSSR count). The maximum Gasteiger partial charge on any atom is 0.255 e. The largest absolute Gasteiger partial charge is 0.494 e. The Bertz CT molecular complexity index is 1170. The zero-order valence-corrected chi connectivity index (χ0v) is 18.7. The second-order valence-corrected chi connectivity index (χ2v) is 8.14. The van der Waals surface area contributed by atoms with Crippen molar-refractivity contribution in [3.05, 3.63) is 75.9 Å². The number of anilines is 1. The highest BCUT2D eigenvalue weighted by Gasteiger charge is 2.11. The van der Waals surface area contributed by atoms with Crippen molar-refractivity contribution < 1.29 is 13.9 Å². The molecule has 0 radical (unpaired) electrons. The summed E-state index contributed by atoms with van der Waals surface area (Å²) in [5.74, 6) is 1.06. The van der Waals surface area contributed by atoms with Crippen molar-refractivity contribution in [2.75, 3.05) is 11.9 Å². The number of carbonyl (C=O) groups excluding carboxylic acids is 1. The standard InChI is InChI=1S/C24H21IN2O3/c1-2-3-13-29-20-6-4-5-17(14-20)23(28)26-19-11-12-22-21(15-19)27-24(30-22)16-7-9-18(25)10-8-16/h4-12,14-15H,2-3,13H2,1H3,(H,26,28). The number of hydrogen-bond donors (Lipinski definition) is 1. The summed E-state index contributed by atoms with van der Waals surface area (Å²) in [4.78, 5) is 17.2. The van der Waals surface area contributed by atoms with Gasteiger partial charge in [-0.05, 0) is 89.7 Å². The molecule has 1 N–H and O–H groups in total. The van der Waals surface area contributed by atoms with Crippen molar-refractivity contribution in [3.63, 3.8) is 0 Å². The van der Waals surface area contributed by atoms with Crippen LogP contribution in [0.4, 0.5) is 5.69 Å². The summed E-state index contributed by atoms with van der Waals surface area (Å²) in [6, 6.07) is 20.6. The fourth-order valence-corrected chi connectivity index (χ4v) is 3.35. The number of aromatic nitrogens is 1. The van der Waals surface area contributed by atoms with E-state index in [1.54, 1.807) is 12.1 Å². The van der Waals surface area contributed by atoms with E-state index in [0.29, 0.717) is 40.6 Å². The monoisotopic (exact) mass is 512 g/mol. The highest BCUT2D eigenvalue weighted by atomic mass is 127. The summed E-state index contributed by atoms with van der Waals surface area (Å²) in [5.41, 5.74) is 3.49. The van der Waals surface area contributed by atoms with E-state index in [0.717, 1.165) is 22.0 Å². The van der Waals surface area contributed by atoms with E-state index in [1.165, 1.54) is 0 Å². The van der Waals surface area contributed by atoms with Crippen LogP contribution in [0.2, 0.25) is 0 Å². The van der Waals surface area contributed by atoms with Crippen LogP contribution < -0.4 is 10.1 Å². The lowest BCUT2D eigenvalue weighted by molar-refractivity contribution is 0.102. The van der Waals surface area contributed by atoms with Crippen molar-refractivity contribution in [2.45, 2.75) is 19.8 Å². The highest BCUT2D eigenvalue weighted by molar-refractivity contribution is 14.1. The summed E-state index contributed by atoms with van der Waals surface area (Å²) >= 11 is 2.26. The predicted octanol–water partition coefficient (Wildman–Crippen LogP) is 6.53. The molecule has 0 saturated carbocycles. The number of benzene rings is 3.